The molecule has 2 atom stereocenters. The van der Waals surface area contributed by atoms with Gasteiger partial charge in [-0.3, -0.25) is 19.3 Å². The Morgan fingerprint density at radius 3 is 2.59 bits per heavy atom. The maximum Gasteiger partial charge on any atom is 0.325 e. The number of nitrogens with one attached hydrogen (secondary N) is 2. The molecule has 1 heterocycles. The molecule has 0 aromatic rings. The molecule has 1 spiro atoms. The zero-order valence-corrected chi connectivity index (χ0v) is 15.9. The summed E-state index contributed by atoms with van der Waals surface area (Å²) in [4.78, 5) is 49.5. The lowest BCUT2D eigenvalue weighted by Gasteiger charge is -2.29. The number of amides is 4. The van der Waals surface area contributed by atoms with Crippen LogP contribution >= 0.6 is 0 Å². The Kier molecular flexibility index (Phi) is 6.01. The van der Waals surface area contributed by atoms with Crippen LogP contribution in [0.15, 0.2) is 0 Å². The van der Waals surface area contributed by atoms with E-state index < -0.39 is 17.5 Å². The number of nitrogens with zero attached hydrogens (tertiary/aromatic N) is 1. The second kappa shape index (κ2) is 8.27. The summed E-state index contributed by atoms with van der Waals surface area (Å²) >= 11 is 0. The number of hydrogen-bond acceptors (Lipinski definition) is 5. The molecule has 3 rings (SSSR count). The Bertz CT molecular complexity index is 614. The quantitative estimate of drug-likeness (QED) is 0.537. The van der Waals surface area contributed by atoms with E-state index >= 15 is 0 Å². The molecule has 8 nitrogen and oxygen atoms in total. The van der Waals surface area contributed by atoms with Crippen LogP contribution in [0.3, 0.4) is 0 Å². The first-order valence-corrected chi connectivity index (χ1v) is 10.0. The third kappa shape index (κ3) is 4.42. The van der Waals surface area contributed by atoms with E-state index in [0.717, 1.165) is 37.0 Å². The van der Waals surface area contributed by atoms with Gasteiger partial charge in [-0.15, -0.1) is 0 Å². The lowest BCUT2D eigenvalue weighted by atomic mass is 9.86. The number of hydrogen-bond donors (Lipinski definition) is 2. The molecule has 0 aromatic carbocycles. The van der Waals surface area contributed by atoms with E-state index in [1.165, 1.54) is 6.42 Å². The molecule has 3 fully saturated rings. The second-order valence-corrected chi connectivity index (χ2v) is 8.02. The van der Waals surface area contributed by atoms with Gasteiger partial charge in [0.05, 0.1) is 6.42 Å². The van der Waals surface area contributed by atoms with Crippen molar-refractivity contribution >= 4 is 23.8 Å². The van der Waals surface area contributed by atoms with Gasteiger partial charge in [-0.05, 0) is 31.6 Å². The highest BCUT2D eigenvalue weighted by Crippen LogP contribution is 2.35. The van der Waals surface area contributed by atoms with Gasteiger partial charge in [0.2, 0.25) is 0 Å². The zero-order valence-electron chi connectivity index (χ0n) is 15.9. The maximum absolute atomic E-state index is 12.5. The van der Waals surface area contributed by atoms with Crippen molar-refractivity contribution < 1.29 is 23.9 Å². The standard InChI is InChI=1S/C19H29N3O5/c1-13-6-2-3-7-14(13)20-15(23)12-27-16(24)8-11-22-17(25)19(21-18(22)26)9-4-5-10-19/h13-14H,2-12H2,1H3,(H,20,23)(H,21,26)/t13-,14+/m0/s1. The number of carbonyl (C=O) groups excluding carboxylic acids is 4. The number of carbonyl (C=O) groups is 4. The summed E-state index contributed by atoms with van der Waals surface area (Å²) < 4.78 is 5.01. The SMILES string of the molecule is C[C@H]1CCCC[C@H]1NC(=O)COC(=O)CCN1C(=O)NC2(CCCC2)C1=O. The number of rotatable bonds is 6. The first-order chi connectivity index (χ1) is 12.9. The average molecular weight is 379 g/mol. The van der Waals surface area contributed by atoms with Gasteiger partial charge in [0.25, 0.3) is 11.8 Å². The Balaban J connectivity index is 1.39. The molecule has 150 valence electrons. The van der Waals surface area contributed by atoms with Crippen molar-refractivity contribution in [1.82, 2.24) is 15.5 Å². The highest BCUT2D eigenvalue weighted by atomic mass is 16.5. The summed E-state index contributed by atoms with van der Waals surface area (Å²) in [7, 11) is 0. The van der Waals surface area contributed by atoms with Crippen molar-refractivity contribution in [3.05, 3.63) is 0 Å². The van der Waals surface area contributed by atoms with Crippen LogP contribution in [0.5, 0.6) is 0 Å². The molecule has 0 bridgehead atoms. The molecule has 4 amide bonds. The molecule has 0 unspecified atom stereocenters. The van der Waals surface area contributed by atoms with E-state index in [-0.39, 0.29) is 37.4 Å². The molecular weight excluding hydrogens is 350 g/mol. The van der Waals surface area contributed by atoms with E-state index in [2.05, 4.69) is 17.6 Å². The van der Waals surface area contributed by atoms with E-state index in [0.29, 0.717) is 18.8 Å². The van der Waals surface area contributed by atoms with Crippen LogP contribution in [0, 0.1) is 5.92 Å². The van der Waals surface area contributed by atoms with E-state index in [9.17, 15) is 19.2 Å². The molecule has 2 aliphatic carbocycles. The molecule has 3 aliphatic rings. The van der Waals surface area contributed by atoms with Crippen LogP contribution in [0.4, 0.5) is 4.79 Å². The monoisotopic (exact) mass is 379 g/mol. The molecule has 27 heavy (non-hydrogen) atoms. The van der Waals surface area contributed by atoms with Gasteiger partial charge in [-0.25, -0.2) is 4.79 Å². The minimum absolute atomic E-state index is 0.0213. The molecule has 1 aliphatic heterocycles. The van der Waals surface area contributed by atoms with Gasteiger partial charge in [-0.2, -0.15) is 0 Å². The minimum Gasteiger partial charge on any atom is -0.456 e. The molecule has 2 N–H and O–H groups in total. The Labute approximate surface area is 159 Å². The van der Waals surface area contributed by atoms with Crippen molar-refractivity contribution in [1.29, 1.82) is 0 Å². The highest BCUT2D eigenvalue weighted by molar-refractivity contribution is 6.07. The molecule has 8 heteroatoms. The molecule has 0 radical (unpaired) electrons. The van der Waals surface area contributed by atoms with Crippen molar-refractivity contribution in [2.24, 2.45) is 5.92 Å². The maximum atomic E-state index is 12.5. The summed E-state index contributed by atoms with van der Waals surface area (Å²) in [6.07, 6.45) is 7.36. The number of urea groups is 1. The fourth-order valence-corrected chi connectivity index (χ4v) is 4.40. The first-order valence-electron chi connectivity index (χ1n) is 10.0. The lowest BCUT2D eigenvalue weighted by molar-refractivity contribution is -0.149. The Hall–Kier alpha value is -2.12. The Morgan fingerprint density at radius 1 is 1.19 bits per heavy atom. The van der Waals surface area contributed by atoms with E-state index in [4.69, 9.17) is 4.74 Å². The normalized spacial score (nSPS) is 26.9. The van der Waals surface area contributed by atoms with Crippen LogP contribution in [0.2, 0.25) is 0 Å². The lowest BCUT2D eigenvalue weighted by Crippen LogP contribution is -2.44. The predicted molar refractivity (Wildman–Crippen MR) is 96.6 cm³/mol. The van der Waals surface area contributed by atoms with E-state index in [1.54, 1.807) is 0 Å². The summed E-state index contributed by atoms with van der Waals surface area (Å²) in [6, 6.07) is -0.308. The summed E-state index contributed by atoms with van der Waals surface area (Å²) in [5.41, 5.74) is -0.766. The zero-order chi connectivity index (χ0) is 19.4. The van der Waals surface area contributed by atoms with Gasteiger partial charge in [0.1, 0.15) is 5.54 Å². The third-order valence-corrected chi connectivity index (χ3v) is 6.06. The molecule has 2 saturated carbocycles. The predicted octanol–water partition coefficient (Wildman–Crippen LogP) is 1.48. The van der Waals surface area contributed by atoms with Crippen molar-refractivity contribution in [2.45, 2.75) is 76.3 Å². The highest BCUT2D eigenvalue weighted by Gasteiger charge is 2.52. The van der Waals surface area contributed by atoms with Gasteiger partial charge in [-0.1, -0.05) is 32.6 Å². The summed E-state index contributed by atoms with van der Waals surface area (Å²) in [5.74, 6) is -0.709. The smallest absolute Gasteiger partial charge is 0.325 e. The summed E-state index contributed by atoms with van der Waals surface area (Å²) in [5, 5.41) is 5.70. The fraction of sp³-hybridized carbons (Fsp3) is 0.789. The molecule has 1 saturated heterocycles. The Morgan fingerprint density at radius 2 is 1.89 bits per heavy atom. The van der Waals surface area contributed by atoms with Gasteiger partial charge < -0.3 is 15.4 Å². The molecule has 0 aromatic heterocycles. The van der Waals surface area contributed by atoms with Crippen LogP contribution in [-0.2, 0) is 19.1 Å². The van der Waals surface area contributed by atoms with Crippen LogP contribution in [0.1, 0.15) is 64.7 Å². The number of esters is 1. The second-order valence-electron chi connectivity index (χ2n) is 8.02. The summed E-state index contributed by atoms with van der Waals surface area (Å²) in [6.45, 7) is 1.77. The van der Waals surface area contributed by atoms with Gasteiger partial charge in [0.15, 0.2) is 6.61 Å². The number of ether oxygens (including phenoxy) is 1. The average Bonchev–Trinajstić information content (AvgIpc) is 3.19. The largest absolute Gasteiger partial charge is 0.456 e. The van der Waals surface area contributed by atoms with Crippen molar-refractivity contribution in [2.75, 3.05) is 13.2 Å². The fourth-order valence-electron chi connectivity index (χ4n) is 4.40. The van der Waals surface area contributed by atoms with Gasteiger partial charge >= 0.3 is 12.0 Å². The minimum atomic E-state index is -0.766. The van der Waals surface area contributed by atoms with Crippen molar-refractivity contribution in [3.8, 4) is 0 Å². The third-order valence-electron chi connectivity index (χ3n) is 6.06. The van der Waals surface area contributed by atoms with E-state index in [1.807, 2.05) is 0 Å². The van der Waals surface area contributed by atoms with Gasteiger partial charge in [0, 0.05) is 12.6 Å². The number of imide groups is 1. The van der Waals surface area contributed by atoms with Crippen molar-refractivity contribution in [3.63, 3.8) is 0 Å². The topological polar surface area (TPSA) is 105 Å². The molecular formula is C19H29N3O5. The first kappa shape index (κ1) is 19.6. The van der Waals surface area contributed by atoms with Crippen LogP contribution in [-0.4, -0.2) is 53.4 Å². The van der Waals surface area contributed by atoms with Crippen LogP contribution < -0.4 is 10.6 Å². The van der Waals surface area contributed by atoms with Crippen LogP contribution in [0.25, 0.3) is 0 Å².